The molecule has 1 N–H and O–H groups in total. The van der Waals surface area contributed by atoms with Crippen LogP contribution in [-0.2, 0) is 6.61 Å². The average Bonchev–Trinajstić information content (AvgIpc) is 2.67. The molecule has 2 aromatic rings. The maximum absolute atomic E-state index is 9.82. The highest BCUT2D eigenvalue weighted by molar-refractivity contribution is 5.77. The molecule has 2 aromatic carbocycles. The van der Waals surface area contributed by atoms with Crippen molar-refractivity contribution in [3.05, 3.63) is 48.0 Å². The summed E-state index contributed by atoms with van der Waals surface area (Å²) in [6.45, 7) is 7.48. The van der Waals surface area contributed by atoms with E-state index in [4.69, 9.17) is 4.74 Å². The van der Waals surface area contributed by atoms with Crippen LogP contribution in [0.1, 0.15) is 12.5 Å². The number of nitrogens with zero attached hydrogens (tertiary/aromatic N) is 2. The molecule has 0 atom stereocenters. The third-order valence-corrected chi connectivity index (χ3v) is 4.79. The van der Waals surface area contributed by atoms with Gasteiger partial charge in [-0.15, -0.1) is 0 Å². The first-order chi connectivity index (χ1) is 11.8. The summed E-state index contributed by atoms with van der Waals surface area (Å²) in [5.41, 5.74) is 4.15. The summed E-state index contributed by atoms with van der Waals surface area (Å²) in [6, 6.07) is 14.5. The van der Waals surface area contributed by atoms with Crippen molar-refractivity contribution < 1.29 is 9.84 Å². The van der Waals surface area contributed by atoms with E-state index in [1.165, 1.54) is 0 Å². The molecule has 1 fully saturated rings. The van der Waals surface area contributed by atoms with Crippen molar-refractivity contribution in [2.24, 2.45) is 0 Å². The van der Waals surface area contributed by atoms with Crippen LogP contribution in [0.4, 0.5) is 5.69 Å². The van der Waals surface area contributed by atoms with Crippen molar-refractivity contribution in [3.8, 4) is 16.9 Å². The van der Waals surface area contributed by atoms with E-state index in [9.17, 15) is 5.11 Å². The molecule has 24 heavy (non-hydrogen) atoms. The summed E-state index contributed by atoms with van der Waals surface area (Å²) in [6.07, 6.45) is 0. The number of benzene rings is 2. The second-order valence-corrected chi connectivity index (χ2v) is 6.13. The van der Waals surface area contributed by atoms with Gasteiger partial charge in [0.25, 0.3) is 0 Å². The highest BCUT2D eigenvalue weighted by atomic mass is 16.5. The molecular weight excluding hydrogens is 300 g/mol. The monoisotopic (exact) mass is 326 g/mol. The van der Waals surface area contributed by atoms with Gasteiger partial charge in [0.05, 0.1) is 13.7 Å². The highest BCUT2D eigenvalue weighted by Crippen LogP contribution is 2.37. The first-order valence-electron chi connectivity index (χ1n) is 8.61. The number of hydrogen-bond donors (Lipinski definition) is 1. The molecule has 0 unspecified atom stereocenters. The lowest BCUT2D eigenvalue weighted by Gasteiger charge is -2.36. The molecule has 4 nitrogen and oxygen atoms in total. The summed E-state index contributed by atoms with van der Waals surface area (Å²) < 4.78 is 5.61. The number of methoxy groups -OCH3 is 1. The van der Waals surface area contributed by atoms with Crippen LogP contribution in [0.2, 0.25) is 0 Å². The van der Waals surface area contributed by atoms with Gasteiger partial charge in [0, 0.05) is 43.0 Å². The van der Waals surface area contributed by atoms with Gasteiger partial charge in [-0.3, -0.25) is 0 Å². The summed E-state index contributed by atoms with van der Waals surface area (Å²) in [5.74, 6) is 0.764. The van der Waals surface area contributed by atoms with Crippen LogP contribution in [-0.4, -0.2) is 49.8 Å². The van der Waals surface area contributed by atoms with Crippen molar-refractivity contribution in [1.82, 2.24) is 4.90 Å². The van der Waals surface area contributed by atoms with Gasteiger partial charge in [-0.2, -0.15) is 0 Å². The number of anilines is 1. The Balaban J connectivity index is 1.99. The summed E-state index contributed by atoms with van der Waals surface area (Å²) >= 11 is 0. The third kappa shape index (κ3) is 3.40. The van der Waals surface area contributed by atoms with Crippen LogP contribution in [0.25, 0.3) is 11.1 Å². The van der Waals surface area contributed by atoms with Gasteiger partial charge in [-0.1, -0.05) is 37.3 Å². The second kappa shape index (κ2) is 7.69. The van der Waals surface area contributed by atoms with Crippen LogP contribution < -0.4 is 9.64 Å². The summed E-state index contributed by atoms with van der Waals surface area (Å²) in [4.78, 5) is 4.86. The van der Waals surface area contributed by atoms with Crippen LogP contribution in [0.3, 0.4) is 0 Å². The van der Waals surface area contributed by atoms with Crippen molar-refractivity contribution in [1.29, 1.82) is 0 Å². The molecule has 0 saturated carbocycles. The predicted molar refractivity (Wildman–Crippen MR) is 98.7 cm³/mol. The first-order valence-corrected chi connectivity index (χ1v) is 8.61. The van der Waals surface area contributed by atoms with E-state index in [-0.39, 0.29) is 6.61 Å². The molecule has 1 saturated heterocycles. The SMILES string of the molecule is CCN1CCN(c2cc(CO)c(OC)c(-c3ccccc3)c2)CC1. The molecule has 128 valence electrons. The molecule has 1 aliphatic heterocycles. The maximum Gasteiger partial charge on any atom is 0.132 e. The first kappa shape index (κ1) is 16.8. The minimum atomic E-state index is -0.0221. The zero-order valence-electron chi connectivity index (χ0n) is 14.5. The van der Waals surface area contributed by atoms with Gasteiger partial charge in [0.2, 0.25) is 0 Å². The predicted octanol–water partition coefficient (Wildman–Crippen LogP) is 3.00. The molecule has 3 rings (SSSR count). The minimum absolute atomic E-state index is 0.0221. The van der Waals surface area contributed by atoms with E-state index in [0.29, 0.717) is 0 Å². The van der Waals surface area contributed by atoms with Gasteiger partial charge in [0.15, 0.2) is 0 Å². The summed E-state index contributed by atoms with van der Waals surface area (Å²) in [5, 5.41) is 9.82. The Kier molecular flexibility index (Phi) is 5.38. The van der Waals surface area contributed by atoms with Crippen LogP contribution in [0.15, 0.2) is 42.5 Å². The molecule has 0 bridgehead atoms. The highest BCUT2D eigenvalue weighted by Gasteiger charge is 2.19. The van der Waals surface area contributed by atoms with Crippen LogP contribution in [0.5, 0.6) is 5.75 Å². The number of hydrogen-bond acceptors (Lipinski definition) is 4. The van der Waals surface area contributed by atoms with E-state index in [0.717, 1.165) is 60.9 Å². The lowest BCUT2D eigenvalue weighted by molar-refractivity contribution is 0.269. The van der Waals surface area contributed by atoms with Crippen molar-refractivity contribution in [2.45, 2.75) is 13.5 Å². The number of aliphatic hydroxyl groups excluding tert-OH is 1. The van der Waals surface area contributed by atoms with E-state index < -0.39 is 0 Å². The van der Waals surface area contributed by atoms with Crippen molar-refractivity contribution in [2.75, 3.05) is 44.7 Å². The Labute approximate surface area is 144 Å². The lowest BCUT2D eigenvalue weighted by Crippen LogP contribution is -2.46. The molecule has 1 aliphatic rings. The molecule has 0 aromatic heterocycles. The quantitative estimate of drug-likeness (QED) is 0.916. The van der Waals surface area contributed by atoms with Gasteiger partial charge >= 0.3 is 0 Å². The lowest BCUT2D eigenvalue weighted by atomic mass is 9.99. The Hall–Kier alpha value is -2.04. The summed E-state index contributed by atoms with van der Waals surface area (Å²) in [7, 11) is 1.67. The Morgan fingerprint density at radius 1 is 1.04 bits per heavy atom. The Morgan fingerprint density at radius 2 is 1.75 bits per heavy atom. The van der Waals surface area contributed by atoms with E-state index in [2.05, 4.69) is 41.0 Å². The fourth-order valence-corrected chi connectivity index (χ4v) is 3.37. The fraction of sp³-hybridized carbons (Fsp3) is 0.400. The Bertz CT molecular complexity index is 665. The standard InChI is InChI=1S/C20H26N2O2/c1-3-21-9-11-22(12-10-21)18-13-17(15-23)20(24-2)19(14-18)16-7-5-4-6-8-16/h4-8,13-14,23H,3,9-12,15H2,1-2H3. The average molecular weight is 326 g/mol. The fourth-order valence-electron chi connectivity index (χ4n) is 3.37. The smallest absolute Gasteiger partial charge is 0.132 e. The van der Waals surface area contributed by atoms with Gasteiger partial charge < -0.3 is 19.6 Å². The van der Waals surface area contributed by atoms with Gasteiger partial charge in [0.1, 0.15) is 5.75 Å². The minimum Gasteiger partial charge on any atom is -0.496 e. The Morgan fingerprint density at radius 3 is 2.33 bits per heavy atom. The number of piperazine rings is 1. The van der Waals surface area contributed by atoms with Crippen molar-refractivity contribution >= 4 is 5.69 Å². The maximum atomic E-state index is 9.82. The molecule has 0 spiro atoms. The molecule has 0 radical (unpaired) electrons. The number of ether oxygens (including phenoxy) is 1. The zero-order valence-corrected chi connectivity index (χ0v) is 14.5. The van der Waals surface area contributed by atoms with E-state index in [1.807, 2.05) is 18.2 Å². The molecule has 0 aliphatic carbocycles. The largest absolute Gasteiger partial charge is 0.496 e. The van der Waals surface area contributed by atoms with E-state index >= 15 is 0 Å². The number of rotatable bonds is 5. The molecule has 0 amide bonds. The number of likely N-dealkylation sites (N-methyl/N-ethyl adjacent to an activating group) is 1. The van der Waals surface area contributed by atoms with Gasteiger partial charge in [-0.05, 0) is 24.2 Å². The van der Waals surface area contributed by atoms with Gasteiger partial charge in [-0.25, -0.2) is 0 Å². The molecular formula is C20H26N2O2. The van der Waals surface area contributed by atoms with Crippen molar-refractivity contribution in [3.63, 3.8) is 0 Å². The van der Waals surface area contributed by atoms with Crippen LogP contribution >= 0.6 is 0 Å². The molecule has 1 heterocycles. The topological polar surface area (TPSA) is 35.9 Å². The normalized spacial score (nSPS) is 15.5. The second-order valence-electron chi connectivity index (χ2n) is 6.13. The zero-order chi connectivity index (χ0) is 16.9. The molecule has 4 heteroatoms. The third-order valence-electron chi connectivity index (χ3n) is 4.79. The number of aliphatic hydroxyl groups is 1. The van der Waals surface area contributed by atoms with Crippen LogP contribution in [0, 0.1) is 0 Å². The van der Waals surface area contributed by atoms with E-state index in [1.54, 1.807) is 7.11 Å².